The Hall–Kier alpha value is 0.310. The second kappa shape index (κ2) is 4.52. The molecule has 1 aliphatic heterocycles. The van der Waals surface area contributed by atoms with Crippen molar-refractivity contribution in [1.82, 2.24) is 5.09 Å². The highest BCUT2D eigenvalue weighted by Crippen LogP contribution is 2.39. The maximum atomic E-state index is 5.39. The van der Waals surface area contributed by atoms with E-state index >= 15 is 0 Å². The topological polar surface area (TPSA) is 30.5 Å². The summed E-state index contributed by atoms with van der Waals surface area (Å²) in [6.07, 6.45) is 6.72. The van der Waals surface area contributed by atoms with E-state index in [0.29, 0.717) is 6.04 Å². The summed E-state index contributed by atoms with van der Waals surface area (Å²) in [7, 11) is -0.718. The molecule has 0 aromatic carbocycles. The van der Waals surface area contributed by atoms with Gasteiger partial charge in [0.25, 0.3) is 8.53 Å². The molecule has 0 radical (unpaired) electrons. The summed E-state index contributed by atoms with van der Waals surface area (Å²) in [6.45, 7) is 1.54. The van der Waals surface area contributed by atoms with Gasteiger partial charge in [-0.3, -0.25) is 0 Å². The third-order valence-corrected chi connectivity index (χ3v) is 3.80. The molecule has 2 rings (SSSR count). The lowest BCUT2D eigenvalue weighted by Crippen LogP contribution is -2.26. The molecule has 1 aliphatic carbocycles. The Labute approximate surface area is 74.8 Å². The predicted molar refractivity (Wildman–Crippen MR) is 48.8 cm³/mol. The van der Waals surface area contributed by atoms with Gasteiger partial charge in [-0.1, -0.05) is 19.3 Å². The van der Waals surface area contributed by atoms with Gasteiger partial charge in [-0.2, -0.15) is 0 Å². The van der Waals surface area contributed by atoms with E-state index in [1.54, 1.807) is 0 Å². The molecule has 70 valence electrons. The van der Waals surface area contributed by atoms with Gasteiger partial charge in [0.1, 0.15) is 0 Å². The summed E-state index contributed by atoms with van der Waals surface area (Å²) >= 11 is 0. The Morgan fingerprint density at radius 3 is 2.33 bits per heavy atom. The molecular formula is C8H16NO2P. The maximum absolute atomic E-state index is 5.39. The van der Waals surface area contributed by atoms with Crippen LogP contribution in [0.1, 0.15) is 32.1 Å². The molecule has 0 amide bonds. The van der Waals surface area contributed by atoms with Gasteiger partial charge in [0.15, 0.2) is 0 Å². The van der Waals surface area contributed by atoms with E-state index in [0.717, 1.165) is 13.2 Å². The molecule has 0 aromatic heterocycles. The van der Waals surface area contributed by atoms with Crippen LogP contribution in [-0.2, 0) is 9.05 Å². The van der Waals surface area contributed by atoms with E-state index in [1.807, 2.05) is 0 Å². The Bertz CT molecular complexity index is 133. The Morgan fingerprint density at radius 2 is 1.67 bits per heavy atom. The average molecular weight is 189 g/mol. The first-order chi connectivity index (χ1) is 5.95. The molecule has 0 spiro atoms. The molecule has 0 unspecified atom stereocenters. The van der Waals surface area contributed by atoms with Crippen LogP contribution in [0.25, 0.3) is 0 Å². The smallest absolute Gasteiger partial charge is 0.256 e. The van der Waals surface area contributed by atoms with Crippen molar-refractivity contribution in [2.75, 3.05) is 13.2 Å². The zero-order valence-corrected chi connectivity index (χ0v) is 8.19. The fraction of sp³-hybridized carbons (Fsp3) is 1.00. The minimum atomic E-state index is -0.718. The van der Waals surface area contributed by atoms with Crippen molar-refractivity contribution in [1.29, 1.82) is 0 Å². The molecule has 1 saturated heterocycles. The van der Waals surface area contributed by atoms with E-state index in [2.05, 4.69) is 5.09 Å². The largest absolute Gasteiger partial charge is 0.320 e. The van der Waals surface area contributed by atoms with Crippen molar-refractivity contribution in [3.8, 4) is 0 Å². The number of hydrogen-bond acceptors (Lipinski definition) is 3. The fourth-order valence-corrected chi connectivity index (χ4v) is 2.99. The number of hydrogen-bond donors (Lipinski definition) is 1. The molecule has 2 aliphatic rings. The summed E-state index contributed by atoms with van der Waals surface area (Å²) in [5, 5.41) is 3.44. The highest BCUT2D eigenvalue weighted by atomic mass is 31.2. The molecule has 2 fully saturated rings. The minimum absolute atomic E-state index is 0.656. The van der Waals surface area contributed by atoms with Gasteiger partial charge in [0.05, 0.1) is 13.2 Å². The van der Waals surface area contributed by atoms with Crippen molar-refractivity contribution in [2.24, 2.45) is 0 Å². The lowest BCUT2D eigenvalue weighted by molar-refractivity contribution is 0.365. The summed E-state index contributed by atoms with van der Waals surface area (Å²) in [5.41, 5.74) is 0. The van der Waals surface area contributed by atoms with Crippen LogP contribution in [0.3, 0.4) is 0 Å². The maximum Gasteiger partial charge on any atom is 0.256 e. The molecule has 3 nitrogen and oxygen atoms in total. The van der Waals surface area contributed by atoms with Gasteiger partial charge in [-0.15, -0.1) is 0 Å². The zero-order chi connectivity index (χ0) is 8.23. The first-order valence-corrected chi connectivity index (χ1v) is 5.95. The van der Waals surface area contributed by atoms with Gasteiger partial charge in [-0.05, 0) is 12.8 Å². The SMILES string of the molecule is C1CCC(NP2OCCO2)CC1. The Kier molecular flexibility index (Phi) is 3.35. The third kappa shape index (κ3) is 2.40. The molecule has 1 N–H and O–H groups in total. The highest BCUT2D eigenvalue weighted by molar-refractivity contribution is 7.45. The molecule has 0 bridgehead atoms. The van der Waals surface area contributed by atoms with E-state index in [1.165, 1.54) is 32.1 Å². The Balaban J connectivity index is 1.69. The normalized spacial score (nSPS) is 28.0. The summed E-state index contributed by atoms with van der Waals surface area (Å²) in [6, 6.07) is 0.656. The second-order valence-electron chi connectivity index (χ2n) is 3.39. The van der Waals surface area contributed by atoms with Gasteiger partial charge in [0.2, 0.25) is 0 Å². The van der Waals surface area contributed by atoms with E-state index < -0.39 is 8.53 Å². The number of rotatable bonds is 2. The molecule has 1 saturated carbocycles. The van der Waals surface area contributed by atoms with Crippen LogP contribution in [0, 0.1) is 0 Å². The Morgan fingerprint density at radius 1 is 1.00 bits per heavy atom. The minimum Gasteiger partial charge on any atom is -0.320 e. The van der Waals surface area contributed by atoms with Gasteiger partial charge in [0, 0.05) is 6.04 Å². The average Bonchev–Trinajstić information content (AvgIpc) is 2.59. The third-order valence-electron chi connectivity index (χ3n) is 2.39. The van der Waals surface area contributed by atoms with Crippen LogP contribution < -0.4 is 5.09 Å². The van der Waals surface area contributed by atoms with Crippen LogP contribution in [0.5, 0.6) is 0 Å². The molecule has 1 heterocycles. The van der Waals surface area contributed by atoms with Crippen molar-refractivity contribution in [2.45, 2.75) is 38.1 Å². The molecule has 0 aromatic rings. The van der Waals surface area contributed by atoms with Crippen LogP contribution in [-0.4, -0.2) is 19.3 Å². The monoisotopic (exact) mass is 189 g/mol. The lowest BCUT2D eigenvalue weighted by Gasteiger charge is -2.24. The summed E-state index contributed by atoms with van der Waals surface area (Å²) in [4.78, 5) is 0. The van der Waals surface area contributed by atoms with Crippen molar-refractivity contribution < 1.29 is 9.05 Å². The fourth-order valence-electron chi connectivity index (χ4n) is 1.73. The van der Waals surface area contributed by atoms with Crippen LogP contribution in [0.15, 0.2) is 0 Å². The van der Waals surface area contributed by atoms with Crippen molar-refractivity contribution in [3.05, 3.63) is 0 Å². The first-order valence-electron chi connectivity index (χ1n) is 4.77. The molecule has 0 atom stereocenters. The highest BCUT2D eigenvalue weighted by Gasteiger charge is 2.22. The van der Waals surface area contributed by atoms with Gasteiger partial charge in [-0.25, -0.2) is 5.09 Å². The van der Waals surface area contributed by atoms with Gasteiger partial charge < -0.3 is 9.05 Å². The predicted octanol–water partition coefficient (Wildman–Crippen LogP) is 2.18. The summed E-state index contributed by atoms with van der Waals surface area (Å²) < 4.78 is 10.8. The lowest BCUT2D eigenvalue weighted by atomic mass is 9.96. The first kappa shape index (κ1) is 8.89. The van der Waals surface area contributed by atoms with Crippen LogP contribution >= 0.6 is 8.53 Å². The van der Waals surface area contributed by atoms with Crippen LogP contribution in [0.2, 0.25) is 0 Å². The molecule has 12 heavy (non-hydrogen) atoms. The van der Waals surface area contributed by atoms with E-state index in [4.69, 9.17) is 9.05 Å². The van der Waals surface area contributed by atoms with Crippen molar-refractivity contribution in [3.63, 3.8) is 0 Å². The van der Waals surface area contributed by atoms with Gasteiger partial charge >= 0.3 is 0 Å². The van der Waals surface area contributed by atoms with E-state index in [-0.39, 0.29) is 0 Å². The molecular weight excluding hydrogens is 173 g/mol. The standard InChI is InChI=1S/C8H16NO2P/c1-2-4-8(5-3-1)9-12-10-6-7-11-12/h8-9H,1-7H2. The van der Waals surface area contributed by atoms with Crippen molar-refractivity contribution >= 4 is 8.53 Å². The summed E-state index contributed by atoms with van der Waals surface area (Å²) in [5.74, 6) is 0. The van der Waals surface area contributed by atoms with E-state index in [9.17, 15) is 0 Å². The number of nitrogens with one attached hydrogen (secondary N) is 1. The van der Waals surface area contributed by atoms with Crippen LogP contribution in [0.4, 0.5) is 0 Å². The molecule has 4 heteroatoms. The quantitative estimate of drug-likeness (QED) is 0.675. The second-order valence-corrected chi connectivity index (χ2v) is 4.68. The zero-order valence-electron chi connectivity index (χ0n) is 7.29.